The standard InChI is InChI=1S/C14H21NO3/c1-14(2,15-6-3-7-16)11-4-5-12-13(10-11)18-9-8-17-12/h4-5,10,15-16H,3,6-9H2,1-2H3. The van der Waals surface area contributed by atoms with Gasteiger partial charge in [0.15, 0.2) is 11.5 Å². The molecule has 0 saturated carbocycles. The Hall–Kier alpha value is -1.26. The van der Waals surface area contributed by atoms with Crippen LogP contribution in [0.5, 0.6) is 11.5 Å². The maximum atomic E-state index is 8.82. The van der Waals surface area contributed by atoms with E-state index in [4.69, 9.17) is 14.6 Å². The third-order valence-electron chi connectivity index (χ3n) is 3.17. The minimum atomic E-state index is -0.148. The lowest BCUT2D eigenvalue weighted by Gasteiger charge is -2.28. The number of nitrogens with one attached hydrogen (secondary N) is 1. The van der Waals surface area contributed by atoms with Crippen LogP contribution in [0.15, 0.2) is 18.2 Å². The van der Waals surface area contributed by atoms with Gasteiger partial charge in [-0.25, -0.2) is 0 Å². The lowest BCUT2D eigenvalue weighted by molar-refractivity contribution is 0.171. The maximum absolute atomic E-state index is 8.82. The van der Waals surface area contributed by atoms with Gasteiger partial charge in [0, 0.05) is 12.1 Å². The van der Waals surface area contributed by atoms with Crippen LogP contribution in [0.4, 0.5) is 0 Å². The molecule has 1 aromatic rings. The molecule has 4 nitrogen and oxygen atoms in total. The highest BCUT2D eigenvalue weighted by Gasteiger charge is 2.22. The van der Waals surface area contributed by atoms with Crippen molar-refractivity contribution in [1.29, 1.82) is 0 Å². The smallest absolute Gasteiger partial charge is 0.161 e. The second kappa shape index (κ2) is 5.59. The molecule has 0 amide bonds. The summed E-state index contributed by atoms with van der Waals surface area (Å²) in [4.78, 5) is 0. The van der Waals surface area contributed by atoms with Crippen molar-refractivity contribution in [2.75, 3.05) is 26.4 Å². The van der Waals surface area contributed by atoms with Gasteiger partial charge in [0.05, 0.1) is 0 Å². The van der Waals surface area contributed by atoms with Crippen molar-refractivity contribution in [3.8, 4) is 11.5 Å². The van der Waals surface area contributed by atoms with Gasteiger partial charge in [0.25, 0.3) is 0 Å². The van der Waals surface area contributed by atoms with Crippen molar-refractivity contribution in [2.45, 2.75) is 25.8 Å². The number of hydrogen-bond acceptors (Lipinski definition) is 4. The maximum Gasteiger partial charge on any atom is 0.161 e. The molecule has 1 aliphatic heterocycles. The first-order valence-electron chi connectivity index (χ1n) is 6.39. The van der Waals surface area contributed by atoms with Crippen molar-refractivity contribution in [2.24, 2.45) is 0 Å². The Kier molecular flexibility index (Phi) is 4.09. The molecule has 0 spiro atoms. The number of aliphatic hydroxyl groups is 1. The summed E-state index contributed by atoms with van der Waals surface area (Å²) in [6.45, 7) is 6.47. The van der Waals surface area contributed by atoms with Crippen LogP contribution in [0.25, 0.3) is 0 Å². The molecule has 0 bridgehead atoms. The SMILES string of the molecule is CC(C)(NCCCO)c1ccc2c(c1)OCCO2. The van der Waals surface area contributed by atoms with E-state index >= 15 is 0 Å². The summed E-state index contributed by atoms with van der Waals surface area (Å²) < 4.78 is 11.1. The molecule has 18 heavy (non-hydrogen) atoms. The zero-order valence-corrected chi connectivity index (χ0v) is 11.0. The monoisotopic (exact) mass is 251 g/mol. The molecule has 2 rings (SSSR count). The van der Waals surface area contributed by atoms with Gasteiger partial charge in [-0.15, -0.1) is 0 Å². The van der Waals surface area contributed by atoms with E-state index in [1.807, 2.05) is 12.1 Å². The van der Waals surface area contributed by atoms with Crippen molar-refractivity contribution >= 4 is 0 Å². The molecule has 0 atom stereocenters. The Morgan fingerprint density at radius 3 is 2.67 bits per heavy atom. The first-order valence-corrected chi connectivity index (χ1v) is 6.39. The molecule has 0 fully saturated rings. The topological polar surface area (TPSA) is 50.7 Å². The van der Waals surface area contributed by atoms with Crippen LogP contribution in [-0.4, -0.2) is 31.5 Å². The minimum Gasteiger partial charge on any atom is -0.486 e. The van der Waals surface area contributed by atoms with Crippen LogP contribution in [0.1, 0.15) is 25.8 Å². The van der Waals surface area contributed by atoms with Crippen LogP contribution in [-0.2, 0) is 5.54 Å². The lowest BCUT2D eigenvalue weighted by atomic mass is 9.93. The van der Waals surface area contributed by atoms with Crippen LogP contribution in [0.3, 0.4) is 0 Å². The molecule has 0 unspecified atom stereocenters. The number of rotatable bonds is 5. The van der Waals surface area contributed by atoms with E-state index in [1.54, 1.807) is 0 Å². The first-order chi connectivity index (χ1) is 8.63. The highest BCUT2D eigenvalue weighted by atomic mass is 16.6. The largest absolute Gasteiger partial charge is 0.486 e. The van der Waals surface area contributed by atoms with Gasteiger partial charge >= 0.3 is 0 Å². The molecule has 0 saturated heterocycles. The molecule has 0 radical (unpaired) electrons. The van der Waals surface area contributed by atoms with Crippen LogP contribution < -0.4 is 14.8 Å². The average molecular weight is 251 g/mol. The molecule has 1 aliphatic rings. The Labute approximate surface area is 108 Å². The predicted octanol–water partition coefficient (Wildman–Crippen LogP) is 1.66. The summed E-state index contributed by atoms with van der Waals surface area (Å²) in [6.07, 6.45) is 0.758. The number of fused-ring (bicyclic) bond motifs is 1. The molecule has 100 valence electrons. The zero-order chi connectivity index (χ0) is 13.0. The fourth-order valence-corrected chi connectivity index (χ4v) is 2.01. The van der Waals surface area contributed by atoms with E-state index in [-0.39, 0.29) is 12.1 Å². The van der Waals surface area contributed by atoms with Gasteiger partial charge in [-0.2, -0.15) is 0 Å². The second-order valence-electron chi connectivity index (χ2n) is 4.99. The van der Waals surface area contributed by atoms with Gasteiger partial charge in [-0.3, -0.25) is 0 Å². The predicted molar refractivity (Wildman–Crippen MR) is 70.2 cm³/mol. The number of hydrogen-bond donors (Lipinski definition) is 2. The fourth-order valence-electron chi connectivity index (χ4n) is 2.01. The molecule has 1 heterocycles. The summed E-state index contributed by atoms with van der Waals surface area (Å²) in [5.74, 6) is 1.63. The molecular weight excluding hydrogens is 230 g/mol. The Morgan fingerprint density at radius 1 is 1.22 bits per heavy atom. The summed E-state index contributed by atoms with van der Waals surface area (Å²) >= 11 is 0. The van der Waals surface area contributed by atoms with E-state index in [1.165, 1.54) is 0 Å². The first kappa shape index (κ1) is 13.2. The highest BCUT2D eigenvalue weighted by molar-refractivity contribution is 5.45. The molecular formula is C14H21NO3. The van der Waals surface area contributed by atoms with Gasteiger partial charge in [0.1, 0.15) is 13.2 Å². The number of benzene rings is 1. The summed E-state index contributed by atoms with van der Waals surface area (Å²) in [7, 11) is 0. The van der Waals surface area contributed by atoms with E-state index in [0.717, 1.165) is 30.0 Å². The Bertz CT molecular complexity index is 404. The van der Waals surface area contributed by atoms with E-state index < -0.39 is 0 Å². The Balaban J connectivity index is 2.11. The van der Waals surface area contributed by atoms with Crippen LogP contribution in [0, 0.1) is 0 Å². The summed E-state index contributed by atoms with van der Waals surface area (Å²) in [5, 5.41) is 12.2. The van der Waals surface area contributed by atoms with Crippen LogP contribution >= 0.6 is 0 Å². The normalized spacial score (nSPS) is 14.6. The number of ether oxygens (including phenoxy) is 2. The number of aliphatic hydroxyl groups excluding tert-OH is 1. The van der Waals surface area contributed by atoms with Gasteiger partial charge < -0.3 is 19.9 Å². The average Bonchev–Trinajstić information content (AvgIpc) is 2.38. The van der Waals surface area contributed by atoms with Crippen molar-refractivity contribution in [3.63, 3.8) is 0 Å². The van der Waals surface area contributed by atoms with Gasteiger partial charge in [-0.1, -0.05) is 6.07 Å². The molecule has 1 aromatic carbocycles. The van der Waals surface area contributed by atoms with Crippen molar-refractivity contribution in [3.05, 3.63) is 23.8 Å². The second-order valence-corrected chi connectivity index (χ2v) is 4.99. The molecule has 2 N–H and O–H groups in total. The summed E-state index contributed by atoms with van der Waals surface area (Å²) in [5.41, 5.74) is 1.01. The van der Waals surface area contributed by atoms with E-state index in [9.17, 15) is 0 Å². The fraction of sp³-hybridized carbons (Fsp3) is 0.571. The third kappa shape index (κ3) is 2.94. The van der Waals surface area contributed by atoms with Crippen LogP contribution in [0.2, 0.25) is 0 Å². The van der Waals surface area contributed by atoms with Crippen molar-refractivity contribution in [1.82, 2.24) is 5.32 Å². The van der Waals surface area contributed by atoms with E-state index in [0.29, 0.717) is 13.2 Å². The zero-order valence-electron chi connectivity index (χ0n) is 11.0. The molecule has 0 aliphatic carbocycles. The van der Waals surface area contributed by atoms with Crippen molar-refractivity contribution < 1.29 is 14.6 Å². The molecule has 0 aromatic heterocycles. The third-order valence-corrected chi connectivity index (χ3v) is 3.17. The van der Waals surface area contributed by atoms with E-state index in [2.05, 4.69) is 25.2 Å². The molecule has 4 heteroatoms. The minimum absolute atomic E-state index is 0.148. The highest BCUT2D eigenvalue weighted by Crippen LogP contribution is 2.34. The van der Waals surface area contributed by atoms with Gasteiger partial charge in [0.2, 0.25) is 0 Å². The Morgan fingerprint density at radius 2 is 1.94 bits per heavy atom. The summed E-state index contributed by atoms with van der Waals surface area (Å²) in [6, 6.07) is 6.04. The van der Waals surface area contributed by atoms with Gasteiger partial charge in [-0.05, 0) is 44.5 Å². The lowest BCUT2D eigenvalue weighted by Crippen LogP contribution is -2.37. The quantitative estimate of drug-likeness (QED) is 0.782.